The van der Waals surface area contributed by atoms with Gasteiger partial charge in [0.25, 0.3) is 0 Å². The van der Waals surface area contributed by atoms with E-state index in [0.717, 1.165) is 39.7 Å². The Balaban J connectivity index is 1.43. The number of nitrogens with zero attached hydrogens (tertiary/aromatic N) is 2. The summed E-state index contributed by atoms with van der Waals surface area (Å²) in [7, 11) is 3.24. The van der Waals surface area contributed by atoms with Crippen LogP contribution in [-0.2, 0) is 0 Å². The van der Waals surface area contributed by atoms with Crippen LogP contribution in [0.15, 0.2) is 59.7 Å². The molecule has 6 rings (SSSR count). The Kier molecular flexibility index (Phi) is 4.73. The Morgan fingerprint density at radius 3 is 2.58 bits per heavy atom. The van der Waals surface area contributed by atoms with Crippen molar-refractivity contribution in [2.75, 3.05) is 21.0 Å². The lowest BCUT2D eigenvalue weighted by Gasteiger charge is -2.38. The number of halogens is 1. The molecule has 0 aliphatic carbocycles. The van der Waals surface area contributed by atoms with Crippen LogP contribution in [0.4, 0.5) is 0 Å². The molecular weight excluding hydrogens is 444 g/mol. The maximum Gasteiger partial charge on any atom is 0.231 e. The van der Waals surface area contributed by atoms with E-state index in [2.05, 4.69) is 0 Å². The smallest absolute Gasteiger partial charge is 0.231 e. The lowest BCUT2D eigenvalue weighted by molar-refractivity contribution is -0.0191. The van der Waals surface area contributed by atoms with E-state index in [-0.39, 0.29) is 12.8 Å². The number of ether oxygens (including phenoxy) is 5. The minimum Gasteiger partial charge on any atom is -0.493 e. The van der Waals surface area contributed by atoms with Gasteiger partial charge < -0.3 is 23.7 Å². The Morgan fingerprint density at radius 1 is 0.909 bits per heavy atom. The van der Waals surface area contributed by atoms with E-state index < -0.39 is 6.23 Å². The van der Waals surface area contributed by atoms with Crippen LogP contribution in [0.2, 0.25) is 5.02 Å². The lowest BCUT2D eigenvalue weighted by atomic mass is 9.95. The molecule has 0 spiro atoms. The molecule has 0 fully saturated rings. The minimum atomic E-state index is -0.435. The van der Waals surface area contributed by atoms with Gasteiger partial charge in [-0.15, -0.1) is 0 Å². The molecule has 0 saturated heterocycles. The number of benzene rings is 3. The van der Waals surface area contributed by atoms with Crippen LogP contribution in [0, 0.1) is 0 Å². The maximum atomic E-state index is 6.44. The van der Waals surface area contributed by atoms with E-state index >= 15 is 0 Å². The van der Waals surface area contributed by atoms with Gasteiger partial charge in [-0.25, -0.2) is 5.01 Å². The topological polar surface area (TPSA) is 61.8 Å². The zero-order chi connectivity index (χ0) is 22.5. The van der Waals surface area contributed by atoms with Gasteiger partial charge in [-0.1, -0.05) is 11.6 Å². The van der Waals surface area contributed by atoms with Crippen LogP contribution in [-0.4, -0.2) is 31.7 Å². The fourth-order valence-corrected chi connectivity index (χ4v) is 4.72. The van der Waals surface area contributed by atoms with E-state index in [1.54, 1.807) is 14.2 Å². The third kappa shape index (κ3) is 3.31. The van der Waals surface area contributed by atoms with E-state index in [0.29, 0.717) is 22.9 Å². The highest BCUT2D eigenvalue weighted by atomic mass is 35.5. The summed E-state index contributed by atoms with van der Waals surface area (Å²) in [5, 5.41) is 7.67. The van der Waals surface area contributed by atoms with Gasteiger partial charge in [-0.3, -0.25) is 0 Å². The van der Waals surface area contributed by atoms with Gasteiger partial charge in [0.05, 0.1) is 26.0 Å². The summed E-state index contributed by atoms with van der Waals surface area (Å²) >= 11 is 6.34. The van der Waals surface area contributed by atoms with Crippen LogP contribution in [0.25, 0.3) is 0 Å². The summed E-state index contributed by atoms with van der Waals surface area (Å²) < 4.78 is 28.4. The molecule has 3 aliphatic rings. The van der Waals surface area contributed by atoms with Crippen LogP contribution in [0.1, 0.15) is 35.4 Å². The Morgan fingerprint density at radius 2 is 1.73 bits per heavy atom. The largest absolute Gasteiger partial charge is 0.493 e. The second-order valence-corrected chi connectivity index (χ2v) is 8.42. The second-order valence-electron chi connectivity index (χ2n) is 7.98. The number of hydrogen-bond acceptors (Lipinski definition) is 7. The highest BCUT2D eigenvalue weighted by molar-refractivity contribution is 6.30. The zero-order valence-electron chi connectivity index (χ0n) is 18.1. The molecular formula is C25H21ClN2O5. The molecule has 3 heterocycles. The number of methoxy groups -OCH3 is 2. The molecule has 0 aromatic heterocycles. The number of rotatable bonds is 4. The first-order valence-electron chi connectivity index (χ1n) is 10.6. The second kappa shape index (κ2) is 7.78. The summed E-state index contributed by atoms with van der Waals surface area (Å²) in [6.07, 6.45) is 0.273. The Bertz CT molecular complexity index is 1280. The molecule has 0 amide bonds. The first-order chi connectivity index (χ1) is 16.1. The predicted molar refractivity (Wildman–Crippen MR) is 123 cm³/mol. The fraction of sp³-hybridized carbons (Fsp3) is 0.240. The Hall–Kier alpha value is -3.58. The van der Waals surface area contributed by atoms with Crippen molar-refractivity contribution in [2.24, 2.45) is 5.10 Å². The van der Waals surface area contributed by atoms with E-state index in [4.69, 9.17) is 40.4 Å². The lowest BCUT2D eigenvalue weighted by Crippen LogP contribution is -2.33. The van der Waals surface area contributed by atoms with Crippen molar-refractivity contribution in [3.63, 3.8) is 0 Å². The fourth-order valence-electron chi connectivity index (χ4n) is 4.54. The normalized spacial score (nSPS) is 20.0. The van der Waals surface area contributed by atoms with E-state index in [1.807, 2.05) is 59.6 Å². The third-order valence-corrected chi connectivity index (χ3v) is 6.39. The number of hydrazone groups is 1. The predicted octanol–water partition coefficient (Wildman–Crippen LogP) is 5.33. The molecule has 0 saturated carbocycles. The van der Waals surface area contributed by atoms with Gasteiger partial charge >= 0.3 is 0 Å². The molecule has 3 aliphatic heterocycles. The first-order valence-corrected chi connectivity index (χ1v) is 11.0. The molecule has 7 nitrogen and oxygen atoms in total. The molecule has 0 N–H and O–H groups in total. The monoisotopic (exact) mass is 464 g/mol. The number of hydrogen-bond donors (Lipinski definition) is 0. The standard InChI is InChI=1S/C25H21ClN2O5/c1-29-21-6-4-15(10-23(21)30-2)25-28-19(17-11-16(26)5-8-20(17)33-25)12-18(27-28)14-3-7-22-24(9-14)32-13-31-22/h3-11,19,25H,12-13H2,1-2H3/t19-,25+/m0/s1. The van der Waals surface area contributed by atoms with Crippen molar-refractivity contribution in [1.82, 2.24) is 5.01 Å². The van der Waals surface area contributed by atoms with Crippen LogP contribution < -0.4 is 23.7 Å². The van der Waals surface area contributed by atoms with Crippen LogP contribution in [0.3, 0.4) is 0 Å². The number of fused-ring (bicyclic) bond motifs is 4. The van der Waals surface area contributed by atoms with Crippen molar-refractivity contribution in [2.45, 2.75) is 18.7 Å². The highest BCUT2D eigenvalue weighted by Gasteiger charge is 2.41. The van der Waals surface area contributed by atoms with Gasteiger partial charge in [-0.2, -0.15) is 5.10 Å². The minimum absolute atomic E-state index is 0.0223. The molecule has 3 aromatic rings. The Labute approximate surface area is 196 Å². The zero-order valence-corrected chi connectivity index (χ0v) is 18.8. The summed E-state index contributed by atoms with van der Waals surface area (Å²) in [4.78, 5) is 0. The summed E-state index contributed by atoms with van der Waals surface area (Å²) in [6.45, 7) is 0.237. The van der Waals surface area contributed by atoms with Gasteiger partial charge in [0, 0.05) is 28.1 Å². The molecule has 0 radical (unpaired) electrons. The van der Waals surface area contributed by atoms with E-state index in [9.17, 15) is 0 Å². The van der Waals surface area contributed by atoms with Gasteiger partial charge in [0.1, 0.15) is 5.75 Å². The SMILES string of the molecule is COc1ccc([C@H]2Oc3ccc(Cl)cc3[C@@H]3CC(c4ccc5c(c4)OCO5)=NN23)cc1OC. The van der Waals surface area contributed by atoms with Crippen molar-refractivity contribution >= 4 is 17.3 Å². The van der Waals surface area contributed by atoms with Crippen molar-refractivity contribution in [3.05, 3.63) is 76.3 Å². The maximum absolute atomic E-state index is 6.44. The molecule has 8 heteroatoms. The van der Waals surface area contributed by atoms with Gasteiger partial charge in [-0.05, 0) is 54.6 Å². The van der Waals surface area contributed by atoms with Gasteiger partial charge in [0.15, 0.2) is 23.0 Å². The summed E-state index contributed by atoms with van der Waals surface area (Å²) in [5.74, 6) is 3.57. The molecule has 33 heavy (non-hydrogen) atoms. The van der Waals surface area contributed by atoms with Crippen LogP contribution >= 0.6 is 11.6 Å². The molecule has 168 valence electrons. The van der Waals surface area contributed by atoms with Crippen molar-refractivity contribution in [1.29, 1.82) is 0 Å². The quantitative estimate of drug-likeness (QED) is 0.520. The molecule has 0 bridgehead atoms. The van der Waals surface area contributed by atoms with Crippen molar-refractivity contribution < 1.29 is 23.7 Å². The summed E-state index contributed by atoms with van der Waals surface area (Å²) in [6, 6.07) is 17.4. The van der Waals surface area contributed by atoms with Crippen molar-refractivity contribution in [3.8, 4) is 28.7 Å². The van der Waals surface area contributed by atoms with Crippen LogP contribution in [0.5, 0.6) is 28.7 Å². The average molecular weight is 465 g/mol. The van der Waals surface area contributed by atoms with E-state index in [1.165, 1.54) is 0 Å². The molecule has 3 aromatic carbocycles. The summed E-state index contributed by atoms with van der Waals surface area (Å²) in [5.41, 5.74) is 3.86. The first kappa shape index (κ1) is 20.1. The third-order valence-electron chi connectivity index (χ3n) is 6.15. The molecule has 2 atom stereocenters. The average Bonchev–Trinajstić information content (AvgIpc) is 3.50. The molecule has 0 unspecified atom stereocenters. The van der Waals surface area contributed by atoms with Gasteiger partial charge in [0.2, 0.25) is 13.0 Å². The highest BCUT2D eigenvalue weighted by Crippen LogP contribution is 2.49.